The standard InChI is InChI=1S/C24H26N6O3/c25-12-16-3-1-5-19-18(16)11-21(29-19)24(33)30-20(9-14-6-7-14)23(32)28-17(13-26)10-15-4-2-8-27-22(15)31/h1,3,5,11,14-15,17,20,29H,2,4,6-10H2,(H,27,31)(H,28,32)(H,30,33)/t15-,17-,20-/m0/s1. The third-order valence-corrected chi connectivity index (χ3v) is 6.31. The maximum atomic E-state index is 13.0. The summed E-state index contributed by atoms with van der Waals surface area (Å²) in [5.74, 6) is -0.906. The van der Waals surface area contributed by atoms with E-state index in [1.54, 1.807) is 24.3 Å². The van der Waals surface area contributed by atoms with E-state index >= 15 is 0 Å². The summed E-state index contributed by atoms with van der Waals surface area (Å²) in [7, 11) is 0. The van der Waals surface area contributed by atoms with Gasteiger partial charge < -0.3 is 20.9 Å². The Bertz CT molecular complexity index is 1150. The number of aromatic amines is 1. The van der Waals surface area contributed by atoms with Gasteiger partial charge in [0.2, 0.25) is 11.8 Å². The number of benzene rings is 1. The van der Waals surface area contributed by atoms with Gasteiger partial charge in [-0.05, 0) is 49.8 Å². The predicted octanol–water partition coefficient (Wildman–Crippen LogP) is 1.86. The van der Waals surface area contributed by atoms with E-state index in [1.807, 2.05) is 0 Å². The zero-order valence-corrected chi connectivity index (χ0v) is 18.2. The van der Waals surface area contributed by atoms with Gasteiger partial charge in [0.15, 0.2) is 0 Å². The second-order valence-corrected chi connectivity index (χ2v) is 8.82. The average molecular weight is 447 g/mol. The van der Waals surface area contributed by atoms with Crippen LogP contribution in [0, 0.1) is 34.5 Å². The Hall–Kier alpha value is -3.85. The van der Waals surface area contributed by atoms with Gasteiger partial charge in [0, 0.05) is 23.4 Å². The van der Waals surface area contributed by atoms with Crippen LogP contribution in [0.2, 0.25) is 0 Å². The highest BCUT2D eigenvalue weighted by molar-refractivity contribution is 6.01. The van der Waals surface area contributed by atoms with Crippen molar-refractivity contribution in [3.8, 4) is 12.1 Å². The first kappa shape index (κ1) is 22.3. The van der Waals surface area contributed by atoms with Crippen molar-refractivity contribution in [2.45, 2.75) is 50.6 Å². The first-order valence-corrected chi connectivity index (χ1v) is 11.3. The largest absolute Gasteiger partial charge is 0.356 e. The van der Waals surface area contributed by atoms with E-state index < -0.39 is 23.9 Å². The molecule has 0 radical (unpaired) electrons. The Morgan fingerprint density at radius 2 is 1.97 bits per heavy atom. The lowest BCUT2D eigenvalue weighted by atomic mass is 9.92. The molecule has 9 nitrogen and oxygen atoms in total. The molecule has 1 saturated heterocycles. The summed E-state index contributed by atoms with van der Waals surface area (Å²) in [6.07, 6.45) is 4.28. The molecule has 2 fully saturated rings. The van der Waals surface area contributed by atoms with Crippen LogP contribution in [0.25, 0.3) is 10.9 Å². The number of piperidine rings is 1. The smallest absolute Gasteiger partial charge is 0.268 e. The Kier molecular flexibility index (Phi) is 6.60. The monoisotopic (exact) mass is 446 g/mol. The summed E-state index contributed by atoms with van der Waals surface area (Å²) in [6.45, 7) is 0.637. The van der Waals surface area contributed by atoms with Gasteiger partial charge in [-0.15, -0.1) is 0 Å². The highest BCUT2D eigenvalue weighted by Crippen LogP contribution is 2.33. The van der Waals surface area contributed by atoms with Crippen molar-refractivity contribution in [1.82, 2.24) is 20.9 Å². The molecule has 3 amide bonds. The molecule has 0 bridgehead atoms. The van der Waals surface area contributed by atoms with E-state index in [0.29, 0.717) is 41.8 Å². The Morgan fingerprint density at radius 3 is 2.67 bits per heavy atom. The van der Waals surface area contributed by atoms with Gasteiger partial charge in [0.25, 0.3) is 5.91 Å². The van der Waals surface area contributed by atoms with Crippen LogP contribution in [0.3, 0.4) is 0 Å². The average Bonchev–Trinajstić information content (AvgIpc) is 3.53. The zero-order chi connectivity index (χ0) is 23.4. The van der Waals surface area contributed by atoms with Crippen LogP contribution in [0.4, 0.5) is 0 Å². The van der Waals surface area contributed by atoms with E-state index in [4.69, 9.17) is 0 Å². The molecule has 2 aromatic rings. The SMILES string of the molecule is N#Cc1cccc2[nH]c(C(=O)N[C@@H](CC3CC3)C(=O)N[C@H](C#N)C[C@@H]3CCCNC3=O)cc12. The molecule has 1 aliphatic heterocycles. The fourth-order valence-corrected chi connectivity index (χ4v) is 4.29. The topological polar surface area (TPSA) is 151 Å². The molecule has 1 saturated carbocycles. The van der Waals surface area contributed by atoms with Crippen LogP contribution in [0.15, 0.2) is 24.3 Å². The summed E-state index contributed by atoms with van der Waals surface area (Å²) in [5, 5.41) is 27.8. The molecule has 0 spiro atoms. The fraction of sp³-hybridized carbons (Fsp3) is 0.458. The van der Waals surface area contributed by atoms with Gasteiger partial charge in [-0.25, -0.2) is 0 Å². The minimum absolute atomic E-state index is 0.0888. The molecular weight excluding hydrogens is 420 g/mol. The molecule has 2 aliphatic rings. The number of fused-ring (bicyclic) bond motifs is 1. The van der Waals surface area contributed by atoms with E-state index in [0.717, 1.165) is 19.3 Å². The number of amides is 3. The van der Waals surface area contributed by atoms with Crippen LogP contribution < -0.4 is 16.0 Å². The quantitative estimate of drug-likeness (QED) is 0.488. The molecule has 1 aliphatic carbocycles. The molecule has 33 heavy (non-hydrogen) atoms. The van der Waals surface area contributed by atoms with Crippen molar-refractivity contribution in [2.24, 2.45) is 11.8 Å². The number of nitrogens with one attached hydrogen (secondary N) is 4. The normalized spacial score (nSPS) is 19.6. The number of nitrogens with zero attached hydrogens (tertiary/aromatic N) is 2. The van der Waals surface area contributed by atoms with Crippen molar-refractivity contribution in [1.29, 1.82) is 10.5 Å². The third-order valence-electron chi connectivity index (χ3n) is 6.31. The summed E-state index contributed by atoms with van der Waals surface area (Å²) in [6, 6.07) is 9.38. The maximum absolute atomic E-state index is 13.0. The summed E-state index contributed by atoms with van der Waals surface area (Å²) in [5.41, 5.74) is 1.38. The van der Waals surface area contributed by atoms with E-state index in [1.165, 1.54) is 0 Å². The number of carbonyl (C=O) groups excluding carboxylic acids is 3. The zero-order valence-electron chi connectivity index (χ0n) is 18.2. The van der Waals surface area contributed by atoms with Crippen molar-refractivity contribution in [2.75, 3.05) is 6.54 Å². The highest BCUT2D eigenvalue weighted by atomic mass is 16.2. The van der Waals surface area contributed by atoms with Gasteiger partial charge >= 0.3 is 0 Å². The van der Waals surface area contributed by atoms with Gasteiger partial charge in [0.05, 0.1) is 17.7 Å². The predicted molar refractivity (Wildman–Crippen MR) is 120 cm³/mol. The van der Waals surface area contributed by atoms with Crippen molar-refractivity contribution < 1.29 is 14.4 Å². The number of carbonyl (C=O) groups is 3. The van der Waals surface area contributed by atoms with Gasteiger partial charge in [-0.1, -0.05) is 18.9 Å². The van der Waals surface area contributed by atoms with Crippen LogP contribution in [-0.2, 0) is 9.59 Å². The number of hydrogen-bond acceptors (Lipinski definition) is 5. The van der Waals surface area contributed by atoms with Crippen LogP contribution in [-0.4, -0.2) is 41.3 Å². The molecule has 3 atom stereocenters. The van der Waals surface area contributed by atoms with Crippen LogP contribution in [0.1, 0.15) is 54.6 Å². The summed E-state index contributed by atoms with van der Waals surface area (Å²) in [4.78, 5) is 41.0. The molecule has 170 valence electrons. The van der Waals surface area contributed by atoms with Gasteiger partial charge in [-0.3, -0.25) is 14.4 Å². The summed E-state index contributed by atoms with van der Waals surface area (Å²) >= 11 is 0. The molecule has 9 heteroatoms. The highest BCUT2D eigenvalue weighted by Gasteiger charge is 2.33. The lowest BCUT2D eigenvalue weighted by Gasteiger charge is -2.25. The maximum Gasteiger partial charge on any atom is 0.268 e. The Balaban J connectivity index is 1.44. The minimum Gasteiger partial charge on any atom is -0.356 e. The van der Waals surface area contributed by atoms with Crippen molar-refractivity contribution in [3.63, 3.8) is 0 Å². The number of H-pyrrole nitrogens is 1. The third kappa shape index (κ3) is 5.32. The number of hydrogen-bond donors (Lipinski definition) is 4. The number of rotatable bonds is 8. The molecule has 1 aromatic carbocycles. The van der Waals surface area contributed by atoms with Gasteiger partial charge in [-0.2, -0.15) is 10.5 Å². The van der Waals surface area contributed by atoms with E-state index in [2.05, 4.69) is 33.1 Å². The molecule has 1 aromatic heterocycles. The van der Waals surface area contributed by atoms with Crippen molar-refractivity contribution >= 4 is 28.6 Å². The van der Waals surface area contributed by atoms with E-state index in [9.17, 15) is 24.9 Å². The first-order valence-electron chi connectivity index (χ1n) is 11.3. The second kappa shape index (κ2) is 9.74. The first-order chi connectivity index (χ1) is 16.0. The Labute approximate surface area is 191 Å². The van der Waals surface area contributed by atoms with Crippen molar-refractivity contribution in [3.05, 3.63) is 35.5 Å². The minimum atomic E-state index is -0.809. The molecule has 4 N–H and O–H groups in total. The number of aromatic nitrogens is 1. The number of nitriles is 2. The van der Waals surface area contributed by atoms with Crippen LogP contribution >= 0.6 is 0 Å². The second-order valence-electron chi connectivity index (χ2n) is 8.82. The Morgan fingerprint density at radius 1 is 1.15 bits per heavy atom. The van der Waals surface area contributed by atoms with E-state index in [-0.39, 0.29) is 23.9 Å². The molecular formula is C24H26N6O3. The molecule has 0 unspecified atom stereocenters. The molecule has 2 heterocycles. The lowest BCUT2D eigenvalue weighted by molar-refractivity contribution is -0.128. The fourth-order valence-electron chi connectivity index (χ4n) is 4.29. The molecule has 4 rings (SSSR count). The van der Waals surface area contributed by atoms with Gasteiger partial charge in [0.1, 0.15) is 17.8 Å². The summed E-state index contributed by atoms with van der Waals surface area (Å²) < 4.78 is 0. The lowest BCUT2D eigenvalue weighted by Crippen LogP contribution is -2.50. The van der Waals surface area contributed by atoms with Crippen LogP contribution in [0.5, 0.6) is 0 Å².